The molecule has 2 heterocycles. The summed E-state index contributed by atoms with van der Waals surface area (Å²) in [4.78, 5) is 47.2. The summed E-state index contributed by atoms with van der Waals surface area (Å²) in [5.74, 6) is -0.528. The fraction of sp³-hybridized carbons (Fsp3) is 0.484. The van der Waals surface area contributed by atoms with Crippen LogP contribution in [-0.4, -0.2) is 134 Å². The van der Waals surface area contributed by atoms with E-state index in [9.17, 15) is 14.4 Å². The third-order valence-electron chi connectivity index (χ3n) is 14.3. The zero-order valence-corrected chi connectivity index (χ0v) is 53.7. The normalized spacial score (nSPS) is 12.7. The van der Waals surface area contributed by atoms with Crippen molar-refractivity contribution in [3.8, 4) is 22.5 Å². The van der Waals surface area contributed by atoms with Gasteiger partial charge in [0.2, 0.25) is 11.6 Å². The van der Waals surface area contributed by atoms with Gasteiger partial charge < -0.3 is 58.6 Å². The lowest BCUT2D eigenvalue weighted by Crippen LogP contribution is -2.66. The van der Waals surface area contributed by atoms with Crippen LogP contribution < -0.4 is 21.4 Å². The number of carbonyl (C=O) groups is 3. The first-order chi connectivity index (χ1) is 39.2. The van der Waals surface area contributed by atoms with E-state index in [-0.39, 0.29) is 66.8 Å². The van der Waals surface area contributed by atoms with Crippen molar-refractivity contribution >= 4 is 45.0 Å². The smallest absolute Gasteiger partial charge is 0.407 e. The molecule has 0 saturated carbocycles. The average Bonchev–Trinajstić information content (AvgIpc) is 2.58. The molecule has 6 rings (SSSR count). The van der Waals surface area contributed by atoms with E-state index >= 15 is 0 Å². The van der Waals surface area contributed by atoms with E-state index in [1.807, 2.05) is 92.2 Å². The lowest BCUT2D eigenvalue weighted by molar-refractivity contribution is 0.0488. The Morgan fingerprint density at radius 1 is 0.602 bits per heavy atom. The zero-order chi connectivity index (χ0) is 61.6. The molecule has 0 bridgehead atoms. The number of nitrogens with two attached hydrogens (primary N) is 1. The third kappa shape index (κ3) is 20.2. The Kier molecular flexibility index (Phi) is 26.8. The van der Waals surface area contributed by atoms with Crippen molar-refractivity contribution < 1.29 is 52.8 Å². The number of aromatic nitrogens is 4. The van der Waals surface area contributed by atoms with Crippen molar-refractivity contribution in [2.45, 2.75) is 156 Å². The summed E-state index contributed by atoms with van der Waals surface area (Å²) in [6, 6.07) is 36.7. The number of benzene rings is 4. The molecule has 4 aromatic carbocycles. The summed E-state index contributed by atoms with van der Waals surface area (Å²) in [6.07, 6.45) is 5.57. The first kappa shape index (κ1) is 69.2. The fourth-order valence-electron chi connectivity index (χ4n) is 9.19. The number of ether oxygens (including phenoxy) is 3. The molecule has 2 atom stereocenters. The van der Waals surface area contributed by atoms with E-state index in [1.165, 1.54) is 10.4 Å². The second kappa shape index (κ2) is 32.1. The van der Waals surface area contributed by atoms with Crippen LogP contribution in [0.15, 0.2) is 122 Å². The van der Waals surface area contributed by atoms with Crippen LogP contribution in [0.4, 0.5) is 4.79 Å². The predicted octanol–water partition coefficient (Wildman–Crippen LogP) is 9.73. The molecule has 454 valence electrons. The Bertz CT molecular complexity index is 2860. The van der Waals surface area contributed by atoms with Gasteiger partial charge in [-0.1, -0.05) is 151 Å². The van der Waals surface area contributed by atoms with Crippen LogP contribution in [-0.2, 0) is 49.0 Å². The van der Waals surface area contributed by atoms with E-state index < -0.39 is 40.3 Å². The van der Waals surface area contributed by atoms with Crippen LogP contribution in [0.25, 0.3) is 22.5 Å². The fourth-order valence-corrected chi connectivity index (χ4v) is 14.8. The Morgan fingerprint density at radius 3 is 1.47 bits per heavy atom. The number of rotatable bonds is 25. The maximum absolute atomic E-state index is 13.2. The minimum Gasteiger partial charge on any atom is -0.460 e. The topological polar surface area (TPSA) is 232 Å². The molecule has 6 aromatic rings. The second-order valence-electron chi connectivity index (χ2n) is 23.8. The number of hydrogen-bond donors (Lipinski definition) is 5. The molecule has 0 spiro atoms. The van der Waals surface area contributed by atoms with Crippen LogP contribution in [0.2, 0.25) is 23.2 Å². The van der Waals surface area contributed by atoms with E-state index in [4.69, 9.17) is 49.1 Å². The number of nitrogens with zero attached hydrogens (tertiary/aromatic N) is 4. The molecule has 19 heteroatoms. The van der Waals surface area contributed by atoms with Crippen molar-refractivity contribution in [2.24, 2.45) is 5.73 Å². The Hall–Kier alpha value is -6.30. The van der Waals surface area contributed by atoms with Gasteiger partial charge in [0.05, 0.1) is 37.8 Å². The van der Waals surface area contributed by atoms with Gasteiger partial charge in [-0.25, -0.2) is 24.4 Å². The summed E-state index contributed by atoms with van der Waals surface area (Å²) >= 11 is 0. The molecule has 2 aromatic heterocycles. The maximum Gasteiger partial charge on any atom is 0.407 e. The SMILES string of the molecule is CCOC(=O)c1nc(-c2ccc(CC(CCO[Si](c3ccccc3)(c3ccccc3)C(C)(C)C)NC(=O)OC(C)(C)C)cc2)cn1CCO[Si](C)(C)C(C)(C)C.CCOC(=O)c1nc(-c2ccc(CC(N)CCO)cc2)cn1CCO.CO. The largest absolute Gasteiger partial charge is 0.460 e. The quantitative estimate of drug-likeness (QED) is 0.0204. The average molecular weight is 1180 g/mol. The van der Waals surface area contributed by atoms with Gasteiger partial charge in [-0.2, -0.15) is 0 Å². The highest BCUT2D eigenvalue weighted by Gasteiger charge is 2.50. The molecule has 0 aliphatic carbocycles. The van der Waals surface area contributed by atoms with Crippen molar-refractivity contribution in [1.29, 1.82) is 0 Å². The minimum atomic E-state index is -2.77. The standard InChI is InChI=1S/C45H65N3O6Si2.C18H25N3O4.CH4O/c1-13-51-41(49)40-47-39(33-48(40)29-31-52-55(11,12)44(5,6)7)35-26-24-34(25-27-35)32-36(46-42(50)54-43(2,3)4)28-30-53-56(45(8,9)10,37-20-16-14-17-21-37)38-22-18-15-19-23-38;1-2-25-18(24)17-20-16(12-21(17)8-10-23)14-5-3-13(4-6-14)11-15(19)7-9-22;1-2/h14-27,33,36H,13,28-32H2,1-12H3,(H,46,50);3-6,12,15,22-23H,2,7-11,19H2,1H3;2H,1H3. The third-order valence-corrected chi connectivity index (χ3v) is 23.9. The number of aliphatic hydroxyl groups excluding tert-OH is 3. The van der Waals surface area contributed by atoms with Crippen molar-refractivity contribution in [3.05, 3.63) is 144 Å². The number of hydrogen-bond acceptors (Lipinski definition) is 14. The second-order valence-corrected chi connectivity index (χ2v) is 32.9. The molecule has 1 amide bonds. The summed E-state index contributed by atoms with van der Waals surface area (Å²) in [5, 5.41) is 30.6. The van der Waals surface area contributed by atoms with Crippen molar-refractivity contribution in [2.75, 3.05) is 46.8 Å². The lowest BCUT2D eigenvalue weighted by Gasteiger charge is -2.43. The van der Waals surface area contributed by atoms with Gasteiger partial charge in [-0.3, -0.25) is 0 Å². The molecule has 0 fully saturated rings. The van der Waals surface area contributed by atoms with Gasteiger partial charge in [-0.05, 0) is 105 Å². The first-order valence-corrected chi connectivity index (χ1v) is 33.5. The molecular formula is C64H94N6O11Si2. The van der Waals surface area contributed by atoms with Crippen molar-refractivity contribution in [3.63, 3.8) is 0 Å². The van der Waals surface area contributed by atoms with Crippen LogP contribution in [0, 0.1) is 0 Å². The molecule has 0 radical (unpaired) electrons. The molecular weight excluding hydrogens is 1080 g/mol. The minimum absolute atomic E-state index is 0.0740. The highest BCUT2D eigenvalue weighted by molar-refractivity contribution is 6.99. The number of nitrogens with one attached hydrogen (secondary N) is 1. The number of amides is 1. The Balaban J connectivity index is 0.000000455. The summed E-state index contributed by atoms with van der Waals surface area (Å²) in [7, 11) is -3.73. The monoisotopic (exact) mass is 1180 g/mol. The number of aliphatic hydroxyl groups is 3. The van der Waals surface area contributed by atoms with Gasteiger partial charge in [-0.15, -0.1) is 0 Å². The molecule has 17 nitrogen and oxygen atoms in total. The predicted molar refractivity (Wildman–Crippen MR) is 334 cm³/mol. The van der Waals surface area contributed by atoms with Crippen LogP contribution >= 0.6 is 0 Å². The first-order valence-electron chi connectivity index (χ1n) is 28.7. The lowest BCUT2D eigenvalue weighted by atomic mass is 10.0. The summed E-state index contributed by atoms with van der Waals surface area (Å²) < 4.78 is 33.1. The van der Waals surface area contributed by atoms with Crippen LogP contribution in [0.3, 0.4) is 0 Å². The zero-order valence-electron chi connectivity index (χ0n) is 51.7. The van der Waals surface area contributed by atoms with E-state index in [2.05, 4.69) is 113 Å². The molecule has 0 aliphatic heterocycles. The number of esters is 2. The Morgan fingerprint density at radius 2 is 1.06 bits per heavy atom. The molecule has 2 unspecified atom stereocenters. The van der Waals surface area contributed by atoms with E-state index in [1.54, 1.807) is 24.6 Å². The molecule has 0 aliphatic rings. The van der Waals surface area contributed by atoms with Gasteiger partial charge >= 0.3 is 18.0 Å². The molecule has 6 N–H and O–H groups in total. The van der Waals surface area contributed by atoms with E-state index in [0.717, 1.165) is 29.4 Å². The van der Waals surface area contributed by atoms with Gasteiger partial charge in [0.15, 0.2) is 8.32 Å². The van der Waals surface area contributed by atoms with Gasteiger partial charge in [0.25, 0.3) is 8.32 Å². The summed E-state index contributed by atoms with van der Waals surface area (Å²) in [5.41, 5.74) is 10.5. The van der Waals surface area contributed by atoms with Gasteiger partial charge in [0, 0.05) is 69.0 Å². The van der Waals surface area contributed by atoms with E-state index in [0.29, 0.717) is 56.8 Å². The molecule has 0 saturated heterocycles. The van der Waals surface area contributed by atoms with Gasteiger partial charge in [0.1, 0.15) is 5.60 Å². The Labute approximate surface area is 495 Å². The summed E-state index contributed by atoms with van der Waals surface area (Å²) in [6.45, 7) is 29.2. The van der Waals surface area contributed by atoms with Crippen LogP contribution in [0.5, 0.6) is 0 Å². The highest BCUT2D eigenvalue weighted by atomic mass is 28.4. The number of imidazole rings is 2. The number of alkyl carbamates (subject to hydrolysis) is 1. The maximum atomic E-state index is 13.2. The number of carbonyl (C=O) groups excluding carboxylic acids is 3. The molecule has 83 heavy (non-hydrogen) atoms. The van der Waals surface area contributed by atoms with Crippen molar-refractivity contribution in [1.82, 2.24) is 24.4 Å². The van der Waals surface area contributed by atoms with Crippen LogP contribution in [0.1, 0.15) is 121 Å². The highest BCUT2D eigenvalue weighted by Crippen LogP contribution is 2.38.